The number of benzene rings is 2. The predicted molar refractivity (Wildman–Crippen MR) is 207 cm³/mol. The van der Waals surface area contributed by atoms with E-state index >= 15 is 0 Å². The molecule has 0 saturated carbocycles. The maximum atomic E-state index is 12.7. The van der Waals surface area contributed by atoms with E-state index in [4.69, 9.17) is 36.3 Å². The summed E-state index contributed by atoms with van der Waals surface area (Å²) in [7, 11) is 5.98. The van der Waals surface area contributed by atoms with Crippen molar-refractivity contribution in [3.05, 3.63) is 72.3 Å². The Labute approximate surface area is 343 Å². The molecule has 0 atom stereocenters. The largest absolute Gasteiger partial charge is 0.492 e. The van der Waals surface area contributed by atoms with Crippen molar-refractivity contribution < 1.29 is 54.9 Å². The van der Waals surface area contributed by atoms with Gasteiger partial charge in [0.1, 0.15) is 37.4 Å². The first-order valence-electron chi connectivity index (χ1n) is 16.5. The summed E-state index contributed by atoms with van der Waals surface area (Å²) in [5, 5.41) is 2.77. The minimum Gasteiger partial charge on any atom is -0.492 e. The Balaban J connectivity index is 0.000000217. The van der Waals surface area contributed by atoms with Crippen molar-refractivity contribution in [3.8, 4) is 23.3 Å². The number of anilines is 2. The van der Waals surface area contributed by atoms with Crippen LogP contribution in [0.25, 0.3) is 20.7 Å². The first-order chi connectivity index (χ1) is 27.9. The van der Waals surface area contributed by atoms with Crippen LogP contribution < -0.4 is 30.0 Å². The molecule has 59 heavy (non-hydrogen) atoms. The van der Waals surface area contributed by atoms with Crippen LogP contribution in [0, 0.1) is 0 Å². The molecule has 16 nitrogen and oxygen atoms in total. The summed E-state index contributed by atoms with van der Waals surface area (Å²) >= 11 is 7.65. The fourth-order valence-corrected chi connectivity index (χ4v) is 5.87. The molecule has 316 valence electrons. The monoisotopic (exact) mass is 890 g/mol. The zero-order chi connectivity index (χ0) is 43.3. The van der Waals surface area contributed by atoms with Gasteiger partial charge in [0.2, 0.25) is 11.8 Å². The van der Waals surface area contributed by atoms with Gasteiger partial charge in [0.25, 0.3) is 0 Å². The molecule has 3 N–H and O–H groups in total. The van der Waals surface area contributed by atoms with Gasteiger partial charge in [0, 0.05) is 14.1 Å². The van der Waals surface area contributed by atoms with E-state index in [2.05, 4.69) is 35.2 Å². The normalized spacial score (nSPS) is 11.1. The van der Waals surface area contributed by atoms with E-state index < -0.39 is 34.9 Å². The number of alkyl halides is 6. The second-order valence-corrected chi connectivity index (χ2v) is 13.7. The van der Waals surface area contributed by atoms with Crippen molar-refractivity contribution in [3.63, 3.8) is 0 Å². The zero-order valence-electron chi connectivity index (χ0n) is 31.2. The number of nitrogen functional groups attached to an aromatic ring is 1. The maximum absolute atomic E-state index is 12.7. The quantitative estimate of drug-likeness (QED) is 0.0731. The highest BCUT2D eigenvalue weighted by Gasteiger charge is 2.31. The van der Waals surface area contributed by atoms with Gasteiger partial charge in [-0.1, -0.05) is 34.8 Å². The van der Waals surface area contributed by atoms with Gasteiger partial charge >= 0.3 is 23.8 Å². The summed E-state index contributed by atoms with van der Waals surface area (Å²) in [6.45, 7) is 0.426. The third-order valence-corrected chi connectivity index (χ3v) is 9.26. The standard InChI is InChI=1S/C17H16F3N5O3S.C11H11ClF3NO2.C6H6N4OS/c1-25(6-7-28-11-5-3-4-10(8-11)17(18,19)20)16(26)24-15-23-12-13(27-2)21-9-22-14(12)29-15;1-16(10(12)17)5-6-18-9-4-2-3-8(7-9)11(13,14)15;1-11-4-3-5(9-2-8-4)12-6(7)10-3/h3-5,8-9H,6-7H2,1-2H3,(H,23,24,26);2-4,7H,5-6H2,1H3;2H,1H3,(H2,7,10). The molecule has 4 aromatic heterocycles. The lowest BCUT2D eigenvalue weighted by Crippen LogP contribution is -2.34. The van der Waals surface area contributed by atoms with Crippen molar-refractivity contribution in [1.82, 2.24) is 39.7 Å². The molecular formula is C34H33ClF6N10O6S2. The van der Waals surface area contributed by atoms with E-state index in [1.165, 1.54) is 86.4 Å². The summed E-state index contributed by atoms with van der Waals surface area (Å²) in [5.41, 5.74) is 4.99. The lowest BCUT2D eigenvalue weighted by Gasteiger charge is -2.17. The van der Waals surface area contributed by atoms with Crippen LogP contribution in [0.1, 0.15) is 11.1 Å². The van der Waals surface area contributed by atoms with E-state index in [1.807, 2.05) is 0 Å². The fraction of sp³-hybridized carbons (Fsp3) is 0.294. The van der Waals surface area contributed by atoms with Crippen LogP contribution in [0.3, 0.4) is 0 Å². The van der Waals surface area contributed by atoms with Gasteiger partial charge < -0.3 is 34.5 Å². The number of ether oxygens (including phenoxy) is 4. The zero-order valence-corrected chi connectivity index (χ0v) is 33.6. The number of aromatic nitrogens is 6. The Morgan fingerprint density at radius 1 is 0.746 bits per heavy atom. The predicted octanol–water partition coefficient (Wildman–Crippen LogP) is 7.71. The number of carbonyl (C=O) groups excluding carboxylic acids is 2. The number of fused-ring (bicyclic) bond motifs is 2. The van der Waals surface area contributed by atoms with Crippen molar-refractivity contribution in [1.29, 1.82) is 0 Å². The van der Waals surface area contributed by atoms with Crippen LogP contribution in [0.15, 0.2) is 61.2 Å². The topological polar surface area (TPSA) is 193 Å². The van der Waals surface area contributed by atoms with Crippen LogP contribution in [-0.4, -0.2) is 106 Å². The third-order valence-electron chi connectivity index (χ3n) is 7.30. The van der Waals surface area contributed by atoms with Crippen LogP contribution >= 0.6 is 34.3 Å². The Kier molecular flexibility index (Phi) is 16.0. The smallest absolute Gasteiger partial charge is 0.416 e. The number of carbonyl (C=O) groups is 2. The summed E-state index contributed by atoms with van der Waals surface area (Å²) in [5.74, 6) is 0.938. The summed E-state index contributed by atoms with van der Waals surface area (Å²) < 4.78 is 95.9. The second kappa shape index (κ2) is 20.6. The second-order valence-electron chi connectivity index (χ2n) is 11.4. The molecule has 4 heterocycles. The Morgan fingerprint density at radius 2 is 1.22 bits per heavy atom. The molecule has 6 aromatic rings. The number of nitrogens with two attached hydrogens (primary N) is 1. The van der Waals surface area contributed by atoms with E-state index in [1.54, 1.807) is 0 Å². The number of likely N-dealkylation sites (N-methyl/N-ethyl adjacent to an activating group) is 2. The van der Waals surface area contributed by atoms with Gasteiger partial charge in [-0.05, 0) is 48.0 Å². The summed E-state index contributed by atoms with van der Waals surface area (Å²) in [6.07, 6.45) is -6.08. The van der Waals surface area contributed by atoms with Gasteiger partial charge in [0.15, 0.2) is 31.0 Å². The molecular weight excluding hydrogens is 858 g/mol. The van der Waals surface area contributed by atoms with E-state index in [9.17, 15) is 35.9 Å². The maximum Gasteiger partial charge on any atom is 0.416 e. The molecule has 0 radical (unpaired) electrons. The van der Waals surface area contributed by atoms with Crippen molar-refractivity contribution in [2.45, 2.75) is 12.4 Å². The number of methoxy groups -OCH3 is 2. The summed E-state index contributed by atoms with van der Waals surface area (Å²) in [6, 6.07) is 8.64. The Morgan fingerprint density at radius 3 is 1.69 bits per heavy atom. The molecule has 0 aliphatic heterocycles. The number of amides is 3. The molecule has 0 aliphatic carbocycles. The van der Waals surface area contributed by atoms with Crippen molar-refractivity contribution in [2.75, 3.05) is 65.7 Å². The lowest BCUT2D eigenvalue weighted by atomic mass is 10.2. The van der Waals surface area contributed by atoms with Gasteiger partial charge in [-0.25, -0.2) is 24.7 Å². The van der Waals surface area contributed by atoms with Crippen LogP contribution in [0.4, 0.5) is 46.2 Å². The van der Waals surface area contributed by atoms with Gasteiger partial charge in [-0.2, -0.15) is 36.3 Å². The number of hydrogen-bond donors (Lipinski definition) is 2. The minimum atomic E-state index is -4.44. The van der Waals surface area contributed by atoms with Gasteiger partial charge in [0.05, 0.1) is 38.4 Å². The molecule has 2 aromatic carbocycles. The van der Waals surface area contributed by atoms with Crippen LogP contribution in [0.2, 0.25) is 0 Å². The number of urea groups is 1. The average Bonchev–Trinajstić information content (AvgIpc) is 3.80. The molecule has 0 aliphatic rings. The van der Waals surface area contributed by atoms with Crippen LogP contribution in [-0.2, 0) is 12.4 Å². The number of halogens is 7. The highest BCUT2D eigenvalue weighted by Crippen LogP contribution is 2.33. The number of thiazole rings is 2. The fourth-order valence-electron chi connectivity index (χ4n) is 4.34. The third kappa shape index (κ3) is 13.5. The Bertz CT molecular complexity index is 2340. The molecule has 0 fully saturated rings. The van der Waals surface area contributed by atoms with Gasteiger partial charge in [-0.15, -0.1) is 0 Å². The van der Waals surface area contributed by atoms with Crippen molar-refractivity contribution >= 4 is 76.6 Å². The summed E-state index contributed by atoms with van der Waals surface area (Å²) in [4.78, 5) is 50.9. The minimum absolute atomic E-state index is 0.0182. The number of nitrogens with zero attached hydrogens (tertiary/aromatic N) is 8. The van der Waals surface area contributed by atoms with Crippen molar-refractivity contribution in [2.24, 2.45) is 0 Å². The number of nitrogens with one attached hydrogen (secondary N) is 1. The molecule has 6 rings (SSSR count). The first kappa shape index (κ1) is 45.7. The van der Waals surface area contributed by atoms with Crippen LogP contribution in [0.5, 0.6) is 23.3 Å². The molecule has 3 amide bonds. The molecule has 0 bridgehead atoms. The molecule has 0 spiro atoms. The molecule has 0 saturated heterocycles. The first-order valence-corrected chi connectivity index (χ1v) is 18.5. The number of rotatable bonds is 11. The molecule has 0 unspecified atom stereocenters. The molecule has 25 heteroatoms. The highest BCUT2D eigenvalue weighted by atomic mass is 35.5. The number of hydrogen-bond acceptors (Lipinski definition) is 15. The van der Waals surface area contributed by atoms with E-state index in [-0.39, 0.29) is 37.8 Å². The Hall–Kier alpha value is -6.01. The average molecular weight is 891 g/mol. The van der Waals surface area contributed by atoms with E-state index in [0.717, 1.165) is 40.4 Å². The lowest BCUT2D eigenvalue weighted by molar-refractivity contribution is -0.138. The van der Waals surface area contributed by atoms with Gasteiger partial charge in [-0.3, -0.25) is 10.1 Å². The highest BCUT2D eigenvalue weighted by molar-refractivity contribution is 7.22. The van der Waals surface area contributed by atoms with E-state index in [0.29, 0.717) is 37.9 Å². The SMILES string of the molecule is CN(CCOc1cccc(C(F)(F)F)c1)C(=O)Cl.COc1ncnc2sc(N)nc12.COc1ncnc2sc(NC(=O)N(C)CCOc3cccc(C(F)(F)F)c3)nc12.